The average molecular weight is 328 g/mol. The molecule has 0 saturated heterocycles. The van der Waals surface area contributed by atoms with Crippen molar-refractivity contribution < 1.29 is 13.2 Å². The zero-order chi connectivity index (χ0) is 13.8. The fourth-order valence-electron chi connectivity index (χ4n) is 1.13. The summed E-state index contributed by atoms with van der Waals surface area (Å²) in [5.74, 6) is 0.0732. The highest BCUT2D eigenvalue weighted by atomic mass is 35.5. The van der Waals surface area contributed by atoms with Gasteiger partial charge in [-0.3, -0.25) is 9.52 Å². The van der Waals surface area contributed by atoms with Crippen LogP contribution in [0.5, 0.6) is 0 Å². The Balaban J connectivity index is 2.42. The Morgan fingerprint density at radius 1 is 1.33 bits per heavy atom. The van der Waals surface area contributed by atoms with Gasteiger partial charge in [-0.25, -0.2) is 8.42 Å². The van der Waals surface area contributed by atoms with Crippen LogP contribution in [-0.2, 0) is 20.6 Å². The molecule has 0 saturated carbocycles. The van der Waals surface area contributed by atoms with E-state index in [2.05, 4.69) is 0 Å². The zero-order valence-corrected chi connectivity index (χ0v) is 12.6. The van der Waals surface area contributed by atoms with Gasteiger partial charge in [-0.15, -0.1) is 11.8 Å². The monoisotopic (exact) mass is 327 g/mol. The molecule has 1 aromatic rings. The van der Waals surface area contributed by atoms with Crippen LogP contribution in [0.15, 0.2) is 18.2 Å². The summed E-state index contributed by atoms with van der Waals surface area (Å²) >= 11 is 12.9. The first-order valence-corrected chi connectivity index (χ1v) is 8.60. The molecule has 1 amide bonds. The molecule has 1 N–H and O–H groups in total. The number of thioether (sulfide) groups is 1. The number of benzene rings is 1. The first-order valence-electron chi connectivity index (χ1n) is 4.80. The summed E-state index contributed by atoms with van der Waals surface area (Å²) in [6.07, 6.45) is 0.939. The summed E-state index contributed by atoms with van der Waals surface area (Å²) in [6, 6.07) is 5.19. The average Bonchev–Trinajstić information content (AvgIpc) is 2.20. The van der Waals surface area contributed by atoms with Crippen LogP contribution >= 0.6 is 35.0 Å². The fraction of sp³-hybridized carbons (Fsp3) is 0.300. The van der Waals surface area contributed by atoms with E-state index in [1.54, 1.807) is 18.2 Å². The number of amides is 1. The van der Waals surface area contributed by atoms with E-state index >= 15 is 0 Å². The Hall–Kier alpha value is -0.430. The first kappa shape index (κ1) is 15.6. The number of hydrogen-bond acceptors (Lipinski definition) is 4. The molecule has 100 valence electrons. The lowest BCUT2D eigenvalue weighted by Crippen LogP contribution is -2.30. The molecule has 0 spiro atoms. The molecule has 0 aromatic heterocycles. The van der Waals surface area contributed by atoms with Crippen LogP contribution in [0, 0.1) is 0 Å². The zero-order valence-electron chi connectivity index (χ0n) is 9.44. The third kappa shape index (κ3) is 5.95. The van der Waals surface area contributed by atoms with Crippen molar-refractivity contribution in [2.75, 3.05) is 12.0 Å². The summed E-state index contributed by atoms with van der Waals surface area (Å²) in [5.41, 5.74) is 0.918. The number of sulfonamides is 1. The maximum absolute atomic E-state index is 11.2. The predicted molar refractivity (Wildman–Crippen MR) is 75.6 cm³/mol. The standard InChI is InChI=1S/C10H11Cl2NO3S2/c1-18(15,16)13-10(14)6-17-5-7-2-3-8(11)9(12)4-7/h2-4H,5-6H2,1H3,(H,13,14). The number of nitrogens with one attached hydrogen (secondary N) is 1. The minimum atomic E-state index is -3.48. The fourth-order valence-corrected chi connectivity index (χ4v) is 2.80. The van der Waals surface area contributed by atoms with E-state index in [0.717, 1.165) is 11.8 Å². The Kier molecular flexibility index (Phi) is 5.78. The van der Waals surface area contributed by atoms with E-state index in [1.807, 2.05) is 4.72 Å². The second-order valence-electron chi connectivity index (χ2n) is 3.54. The smallest absolute Gasteiger partial charge is 0.243 e. The van der Waals surface area contributed by atoms with Crippen molar-refractivity contribution in [3.8, 4) is 0 Å². The second kappa shape index (κ2) is 6.65. The van der Waals surface area contributed by atoms with Gasteiger partial charge in [-0.1, -0.05) is 29.3 Å². The van der Waals surface area contributed by atoms with Crippen LogP contribution < -0.4 is 4.72 Å². The quantitative estimate of drug-likeness (QED) is 0.901. The summed E-state index contributed by atoms with van der Waals surface area (Å²) < 4.78 is 23.5. The predicted octanol–water partition coefficient (Wildman–Crippen LogP) is 2.30. The molecule has 0 aliphatic carbocycles. The molecule has 0 aliphatic rings. The minimum absolute atomic E-state index is 0.0628. The van der Waals surface area contributed by atoms with Crippen LogP contribution in [0.3, 0.4) is 0 Å². The molecule has 0 heterocycles. The van der Waals surface area contributed by atoms with E-state index in [4.69, 9.17) is 23.2 Å². The van der Waals surface area contributed by atoms with Gasteiger partial charge in [0.2, 0.25) is 15.9 Å². The molecule has 18 heavy (non-hydrogen) atoms. The summed E-state index contributed by atoms with van der Waals surface area (Å²) in [7, 11) is -3.48. The van der Waals surface area contributed by atoms with Gasteiger partial charge in [-0.05, 0) is 17.7 Å². The van der Waals surface area contributed by atoms with E-state index in [1.165, 1.54) is 11.8 Å². The van der Waals surface area contributed by atoms with Crippen LogP contribution in [-0.4, -0.2) is 26.3 Å². The van der Waals surface area contributed by atoms with Gasteiger partial charge in [0.25, 0.3) is 0 Å². The van der Waals surface area contributed by atoms with Crippen LogP contribution in [0.25, 0.3) is 0 Å². The van der Waals surface area contributed by atoms with Crippen molar-refractivity contribution in [2.45, 2.75) is 5.75 Å². The largest absolute Gasteiger partial charge is 0.273 e. The molecular weight excluding hydrogens is 317 g/mol. The van der Waals surface area contributed by atoms with Crippen molar-refractivity contribution in [1.82, 2.24) is 4.72 Å². The number of halogens is 2. The van der Waals surface area contributed by atoms with E-state index in [9.17, 15) is 13.2 Å². The SMILES string of the molecule is CS(=O)(=O)NC(=O)CSCc1ccc(Cl)c(Cl)c1. The van der Waals surface area contributed by atoms with Crippen molar-refractivity contribution in [3.05, 3.63) is 33.8 Å². The lowest BCUT2D eigenvalue weighted by atomic mass is 10.2. The number of carbonyl (C=O) groups excluding carboxylic acids is 1. The lowest BCUT2D eigenvalue weighted by molar-refractivity contribution is -0.116. The first-order chi connectivity index (χ1) is 8.28. The number of rotatable bonds is 5. The highest BCUT2D eigenvalue weighted by Gasteiger charge is 2.08. The molecule has 0 radical (unpaired) electrons. The third-order valence-electron chi connectivity index (χ3n) is 1.79. The van der Waals surface area contributed by atoms with Crippen LogP contribution in [0.4, 0.5) is 0 Å². The summed E-state index contributed by atoms with van der Waals surface area (Å²) in [4.78, 5) is 11.2. The van der Waals surface area contributed by atoms with Gasteiger partial charge in [0.15, 0.2) is 0 Å². The topological polar surface area (TPSA) is 63.2 Å². The number of carbonyl (C=O) groups is 1. The molecule has 0 aliphatic heterocycles. The molecule has 0 fully saturated rings. The molecule has 0 atom stereocenters. The summed E-state index contributed by atoms with van der Waals surface area (Å²) in [5, 5.41) is 0.926. The maximum atomic E-state index is 11.2. The van der Waals surface area contributed by atoms with Crippen molar-refractivity contribution in [3.63, 3.8) is 0 Å². The Bertz CT molecular complexity index is 546. The maximum Gasteiger partial charge on any atom is 0.243 e. The molecular formula is C10H11Cl2NO3S2. The highest BCUT2D eigenvalue weighted by Crippen LogP contribution is 2.24. The van der Waals surface area contributed by atoms with Gasteiger partial charge in [-0.2, -0.15) is 0 Å². The van der Waals surface area contributed by atoms with E-state index < -0.39 is 15.9 Å². The van der Waals surface area contributed by atoms with Gasteiger partial charge < -0.3 is 0 Å². The molecule has 0 bridgehead atoms. The Morgan fingerprint density at radius 2 is 2.00 bits per heavy atom. The van der Waals surface area contributed by atoms with E-state index in [-0.39, 0.29) is 5.75 Å². The van der Waals surface area contributed by atoms with E-state index in [0.29, 0.717) is 15.8 Å². The lowest BCUT2D eigenvalue weighted by Gasteiger charge is -2.04. The molecule has 1 rings (SSSR count). The van der Waals surface area contributed by atoms with Gasteiger partial charge >= 0.3 is 0 Å². The number of hydrogen-bond donors (Lipinski definition) is 1. The Labute approximate surface area is 120 Å². The third-order valence-corrected chi connectivity index (χ3v) is 4.13. The molecule has 0 unspecified atom stereocenters. The second-order valence-corrected chi connectivity index (χ2v) is 7.09. The Morgan fingerprint density at radius 3 is 2.56 bits per heavy atom. The normalized spacial score (nSPS) is 11.3. The molecule has 8 heteroatoms. The van der Waals surface area contributed by atoms with Crippen LogP contribution in [0.1, 0.15) is 5.56 Å². The molecule has 4 nitrogen and oxygen atoms in total. The summed E-state index contributed by atoms with van der Waals surface area (Å²) in [6.45, 7) is 0. The van der Waals surface area contributed by atoms with Crippen molar-refractivity contribution in [1.29, 1.82) is 0 Å². The van der Waals surface area contributed by atoms with Gasteiger partial charge in [0.1, 0.15) is 0 Å². The highest BCUT2D eigenvalue weighted by molar-refractivity contribution is 7.99. The minimum Gasteiger partial charge on any atom is -0.273 e. The van der Waals surface area contributed by atoms with Crippen LogP contribution in [0.2, 0.25) is 10.0 Å². The van der Waals surface area contributed by atoms with Gasteiger partial charge in [0.05, 0.1) is 22.1 Å². The van der Waals surface area contributed by atoms with Crippen molar-refractivity contribution >= 4 is 50.9 Å². The van der Waals surface area contributed by atoms with Crippen molar-refractivity contribution in [2.24, 2.45) is 0 Å². The molecule has 1 aromatic carbocycles. The van der Waals surface area contributed by atoms with Gasteiger partial charge in [0, 0.05) is 5.75 Å².